The predicted octanol–water partition coefficient (Wildman–Crippen LogP) is 6.96. The first kappa shape index (κ1) is 37.5. The van der Waals surface area contributed by atoms with Crippen molar-refractivity contribution in [2.24, 2.45) is 5.41 Å². The van der Waals surface area contributed by atoms with Crippen LogP contribution in [0.1, 0.15) is 74.1 Å². The number of amides is 1. The number of carbonyl (C=O) groups is 1. The highest BCUT2D eigenvalue weighted by Gasteiger charge is 2.36. The van der Waals surface area contributed by atoms with Gasteiger partial charge in [0.1, 0.15) is 11.3 Å². The Balaban J connectivity index is 0.000000372. The molecule has 0 saturated carbocycles. The second kappa shape index (κ2) is 16.6. The summed E-state index contributed by atoms with van der Waals surface area (Å²) in [6, 6.07) is 13.3. The molecule has 1 amide bonds. The lowest BCUT2D eigenvalue weighted by atomic mass is 9.97. The van der Waals surface area contributed by atoms with Gasteiger partial charge in [0.2, 0.25) is 11.8 Å². The predicted molar refractivity (Wildman–Crippen MR) is 172 cm³/mol. The van der Waals surface area contributed by atoms with Gasteiger partial charge in [-0.05, 0) is 48.1 Å². The number of hydrogen-bond acceptors (Lipinski definition) is 7. The summed E-state index contributed by atoms with van der Waals surface area (Å²) in [5.74, 6) is -0.682. The van der Waals surface area contributed by atoms with Crippen LogP contribution in [0.2, 0.25) is 0 Å². The Bertz CT molecular complexity index is 1450. The van der Waals surface area contributed by atoms with E-state index >= 15 is 0 Å². The van der Waals surface area contributed by atoms with E-state index in [4.69, 9.17) is 9.47 Å². The number of nitrogens with zero attached hydrogens (tertiary/aromatic N) is 3. The molecule has 45 heavy (non-hydrogen) atoms. The quantitative estimate of drug-likeness (QED) is 0.231. The molecule has 2 atom stereocenters. The Morgan fingerprint density at radius 1 is 1.09 bits per heavy atom. The summed E-state index contributed by atoms with van der Waals surface area (Å²) in [7, 11) is 3.48. The average molecular weight is 652 g/mol. The molecule has 0 spiro atoms. The second-order valence-electron chi connectivity index (χ2n) is 11.5. The van der Waals surface area contributed by atoms with E-state index in [0.717, 1.165) is 20.0 Å². The van der Waals surface area contributed by atoms with E-state index in [-0.39, 0.29) is 23.3 Å². The molecule has 1 unspecified atom stereocenters. The molecule has 9 nitrogen and oxygen atoms in total. The molecule has 0 saturated heterocycles. The van der Waals surface area contributed by atoms with Crippen LogP contribution in [0.5, 0.6) is 11.6 Å². The van der Waals surface area contributed by atoms with Gasteiger partial charge >= 0.3 is 6.18 Å². The third-order valence-electron chi connectivity index (χ3n) is 6.72. The van der Waals surface area contributed by atoms with Crippen LogP contribution in [0, 0.1) is 5.41 Å². The first-order valence-corrected chi connectivity index (χ1v) is 15.9. The van der Waals surface area contributed by atoms with Gasteiger partial charge in [-0.1, -0.05) is 58.4 Å². The topological polar surface area (TPSA) is 106 Å². The van der Waals surface area contributed by atoms with Crippen molar-refractivity contribution in [1.29, 1.82) is 0 Å². The molecule has 248 valence electrons. The minimum absolute atomic E-state index is 0.0692. The molecule has 2 N–H and O–H groups in total. The first-order valence-electron chi connectivity index (χ1n) is 14.4. The van der Waals surface area contributed by atoms with E-state index in [1.165, 1.54) is 24.3 Å². The Hall–Kier alpha value is -3.71. The van der Waals surface area contributed by atoms with E-state index in [0.29, 0.717) is 29.7 Å². The van der Waals surface area contributed by atoms with Crippen molar-refractivity contribution in [3.05, 3.63) is 70.9 Å². The number of ether oxygens (including phenoxy) is 2. The third-order valence-corrected chi connectivity index (χ3v) is 7.84. The fraction of sp³-hybridized carbons (Fsp3) is 0.469. The molecule has 3 aromatic rings. The van der Waals surface area contributed by atoms with Crippen LogP contribution in [-0.2, 0) is 23.6 Å². The van der Waals surface area contributed by atoms with E-state index in [1.54, 1.807) is 18.4 Å². The van der Waals surface area contributed by atoms with Crippen molar-refractivity contribution in [3.63, 3.8) is 0 Å². The number of carbonyl (C=O) groups excluding carboxylic acids is 1. The van der Waals surface area contributed by atoms with Crippen molar-refractivity contribution in [2.45, 2.75) is 59.7 Å². The molecule has 1 aromatic heterocycles. The molecule has 0 radical (unpaired) electrons. The maximum atomic E-state index is 12.9. The lowest BCUT2D eigenvalue weighted by Crippen LogP contribution is -2.32. The highest BCUT2D eigenvalue weighted by atomic mass is 32.2. The Kier molecular flexibility index (Phi) is 13.8. The summed E-state index contributed by atoms with van der Waals surface area (Å²) in [6.45, 7) is 10.8. The zero-order chi connectivity index (χ0) is 33.9. The maximum absolute atomic E-state index is 12.9. The van der Waals surface area contributed by atoms with Gasteiger partial charge in [0, 0.05) is 37.7 Å². The summed E-state index contributed by atoms with van der Waals surface area (Å²) < 4.78 is 62.2. The van der Waals surface area contributed by atoms with Gasteiger partial charge in [-0.25, -0.2) is 13.5 Å². The summed E-state index contributed by atoms with van der Waals surface area (Å²) in [5.41, 5.74) is 2.27. The van der Waals surface area contributed by atoms with E-state index in [1.807, 2.05) is 32.1 Å². The highest BCUT2D eigenvalue weighted by Crippen LogP contribution is 2.36. The molecule has 0 aliphatic carbocycles. The minimum Gasteiger partial charge on any atom is -0.495 e. The molecule has 2 aromatic carbocycles. The molecule has 3 rings (SSSR count). The summed E-state index contributed by atoms with van der Waals surface area (Å²) in [5, 5.41) is 5.61. The number of benzene rings is 2. The molecular weight excluding hydrogens is 607 g/mol. The van der Waals surface area contributed by atoms with Crippen LogP contribution < -0.4 is 20.1 Å². The highest BCUT2D eigenvalue weighted by molar-refractivity contribution is 7.81. The van der Waals surface area contributed by atoms with E-state index < -0.39 is 28.6 Å². The maximum Gasteiger partial charge on any atom is 0.423 e. The Labute approximate surface area is 266 Å². The van der Waals surface area contributed by atoms with Gasteiger partial charge in [0.05, 0.1) is 30.9 Å². The molecule has 1 heterocycles. The molecule has 0 aliphatic rings. The number of aromatic nitrogens is 2. The SMILES string of the molecule is CCCc1ccccc1[C@H](C)N(C)S(C)=O.COc1cc(C(=O)NCC(C)(C)C)ccc1Nc1ncc(C(F)(F)F)c(OC)n1. The van der Waals surface area contributed by atoms with Crippen LogP contribution in [0.15, 0.2) is 48.7 Å². The monoisotopic (exact) mass is 651 g/mol. The Morgan fingerprint density at radius 2 is 1.76 bits per heavy atom. The standard InChI is InChI=1S/C19H23F3N4O3.C13H21NOS/c1-18(2,3)10-24-15(27)11-6-7-13(14(8-11)28-4)25-17-23-9-12(19(20,21)22)16(26-17)29-5;1-5-8-12-9-6-7-10-13(12)11(2)14(3)16(4)15/h6-9H,10H2,1-5H3,(H,24,27)(H,23,25,26);6-7,9-11H,5,8H2,1-4H3/t;11-,16?/m.0/s1. The lowest BCUT2D eigenvalue weighted by Gasteiger charge is -2.24. The van der Waals surface area contributed by atoms with Crippen LogP contribution in [0.3, 0.4) is 0 Å². The van der Waals surface area contributed by atoms with Crippen LogP contribution in [0.4, 0.5) is 24.8 Å². The van der Waals surface area contributed by atoms with Crippen molar-refractivity contribution < 1.29 is 31.6 Å². The fourth-order valence-corrected chi connectivity index (χ4v) is 4.70. The molecule has 0 aliphatic heterocycles. The molecule has 13 heteroatoms. The van der Waals surface area contributed by atoms with Crippen molar-refractivity contribution in [2.75, 3.05) is 39.4 Å². The van der Waals surface area contributed by atoms with Gasteiger partial charge < -0.3 is 20.1 Å². The number of aryl methyl sites for hydroxylation is 1. The fourth-order valence-electron chi connectivity index (χ4n) is 4.14. The normalized spacial score (nSPS) is 12.9. The van der Waals surface area contributed by atoms with Gasteiger partial charge in [-0.15, -0.1) is 0 Å². The third kappa shape index (κ3) is 11.3. The lowest BCUT2D eigenvalue weighted by molar-refractivity contribution is -0.139. The second-order valence-corrected chi connectivity index (χ2v) is 12.9. The largest absolute Gasteiger partial charge is 0.495 e. The van der Waals surface area contributed by atoms with Gasteiger partial charge in [0.15, 0.2) is 0 Å². The molecule has 0 bridgehead atoms. The van der Waals surface area contributed by atoms with Gasteiger partial charge in [-0.3, -0.25) is 4.79 Å². The first-order chi connectivity index (χ1) is 21.0. The van der Waals surface area contributed by atoms with Crippen LogP contribution in [-0.4, -0.2) is 58.5 Å². The molecule has 0 fully saturated rings. The van der Waals surface area contributed by atoms with E-state index in [2.05, 4.69) is 58.7 Å². The number of alkyl halides is 3. The number of nitrogens with one attached hydrogen (secondary N) is 2. The number of anilines is 2. The zero-order valence-corrected chi connectivity index (χ0v) is 28.2. The number of hydrogen-bond donors (Lipinski definition) is 2. The van der Waals surface area contributed by atoms with E-state index in [9.17, 15) is 22.2 Å². The minimum atomic E-state index is -4.64. The van der Waals surface area contributed by atoms with Gasteiger partial charge in [0.25, 0.3) is 5.91 Å². The average Bonchev–Trinajstić information content (AvgIpc) is 2.99. The van der Waals surface area contributed by atoms with Gasteiger partial charge in [-0.2, -0.15) is 18.2 Å². The Morgan fingerprint density at radius 3 is 2.31 bits per heavy atom. The van der Waals surface area contributed by atoms with Crippen molar-refractivity contribution in [3.8, 4) is 11.6 Å². The molecular formula is C32H44F3N5O4S. The number of halogens is 3. The van der Waals surface area contributed by atoms with Crippen molar-refractivity contribution in [1.82, 2.24) is 19.6 Å². The van der Waals surface area contributed by atoms with Crippen LogP contribution >= 0.6 is 0 Å². The summed E-state index contributed by atoms with van der Waals surface area (Å²) >= 11 is 0. The number of rotatable bonds is 11. The number of methoxy groups -OCH3 is 2. The van der Waals surface area contributed by atoms with Crippen LogP contribution in [0.25, 0.3) is 0 Å². The summed E-state index contributed by atoms with van der Waals surface area (Å²) in [4.78, 5) is 19.7. The van der Waals surface area contributed by atoms with Crippen molar-refractivity contribution >= 4 is 28.5 Å². The zero-order valence-electron chi connectivity index (χ0n) is 27.3. The summed E-state index contributed by atoms with van der Waals surface area (Å²) in [6.07, 6.45) is -0.0507. The smallest absolute Gasteiger partial charge is 0.423 e.